The van der Waals surface area contributed by atoms with Gasteiger partial charge in [0.15, 0.2) is 0 Å². The fourth-order valence-electron chi connectivity index (χ4n) is 1.62. The number of anilines is 1. The average molecular weight is 310 g/mol. The zero-order valence-electron chi connectivity index (χ0n) is 11.3. The van der Waals surface area contributed by atoms with Crippen LogP contribution in [-0.4, -0.2) is 26.4 Å². The van der Waals surface area contributed by atoms with Crippen LogP contribution in [0.25, 0.3) is 0 Å². The highest BCUT2D eigenvalue weighted by Gasteiger charge is 2.24. The van der Waals surface area contributed by atoms with Crippen molar-refractivity contribution in [1.29, 1.82) is 0 Å². The van der Waals surface area contributed by atoms with E-state index in [0.29, 0.717) is 11.6 Å². The monoisotopic (exact) mass is 309 g/mol. The minimum absolute atomic E-state index is 0.160. The van der Waals surface area contributed by atoms with Crippen LogP contribution in [0.2, 0.25) is 5.02 Å². The van der Waals surface area contributed by atoms with Gasteiger partial charge in [0.2, 0.25) is 5.95 Å². The molecule has 21 heavy (non-hydrogen) atoms. The van der Waals surface area contributed by atoms with Gasteiger partial charge in [-0.05, 0) is 13.8 Å². The third-order valence-corrected chi connectivity index (χ3v) is 2.64. The fourth-order valence-corrected chi connectivity index (χ4v) is 1.78. The molecule has 0 aliphatic carbocycles. The normalized spacial score (nSPS) is 10.2. The Morgan fingerprint density at radius 2 is 2.19 bits per heavy atom. The summed E-state index contributed by atoms with van der Waals surface area (Å²) in [5.74, 6) is 0.351. The number of halogens is 1. The number of pyridine rings is 1. The van der Waals surface area contributed by atoms with Crippen LogP contribution in [0, 0.1) is 17.0 Å². The lowest BCUT2D eigenvalue weighted by molar-refractivity contribution is -0.386. The molecular weight excluding hydrogens is 298 g/mol. The van der Waals surface area contributed by atoms with E-state index in [4.69, 9.17) is 16.3 Å². The van der Waals surface area contributed by atoms with Crippen molar-refractivity contribution in [3.63, 3.8) is 0 Å². The van der Waals surface area contributed by atoms with Crippen LogP contribution in [0.3, 0.4) is 0 Å². The van der Waals surface area contributed by atoms with Gasteiger partial charge in [-0.1, -0.05) is 11.6 Å². The summed E-state index contributed by atoms with van der Waals surface area (Å²) < 4.78 is 5.44. The predicted octanol–water partition coefficient (Wildman–Crippen LogP) is 2.97. The van der Waals surface area contributed by atoms with E-state index >= 15 is 0 Å². The molecule has 0 radical (unpaired) electrons. The summed E-state index contributed by atoms with van der Waals surface area (Å²) in [4.78, 5) is 22.4. The average Bonchev–Trinajstić information content (AvgIpc) is 2.38. The molecule has 9 heteroatoms. The zero-order chi connectivity index (χ0) is 15.4. The molecular formula is C12H12ClN5O3. The molecule has 2 aromatic heterocycles. The Morgan fingerprint density at radius 1 is 1.43 bits per heavy atom. The van der Waals surface area contributed by atoms with Gasteiger partial charge in [-0.15, -0.1) is 0 Å². The summed E-state index contributed by atoms with van der Waals surface area (Å²) >= 11 is 5.80. The van der Waals surface area contributed by atoms with E-state index in [1.165, 1.54) is 25.4 Å². The Morgan fingerprint density at radius 3 is 2.81 bits per heavy atom. The van der Waals surface area contributed by atoms with Gasteiger partial charge >= 0.3 is 11.6 Å². The molecule has 0 saturated carbocycles. The van der Waals surface area contributed by atoms with Crippen molar-refractivity contribution >= 4 is 23.2 Å². The molecule has 0 aliphatic heterocycles. The summed E-state index contributed by atoms with van der Waals surface area (Å²) in [6.45, 7) is 3.96. The van der Waals surface area contributed by atoms with Gasteiger partial charge < -0.3 is 10.1 Å². The first-order chi connectivity index (χ1) is 10.0. The maximum absolute atomic E-state index is 11.2. The summed E-state index contributed by atoms with van der Waals surface area (Å²) in [6.07, 6.45) is 2.82. The van der Waals surface area contributed by atoms with Crippen molar-refractivity contribution in [2.75, 3.05) is 11.9 Å². The highest BCUT2D eigenvalue weighted by Crippen LogP contribution is 2.32. The quantitative estimate of drug-likeness (QED) is 0.668. The van der Waals surface area contributed by atoms with E-state index in [1.54, 1.807) is 0 Å². The molecule has 0 atom stereocenters. The predicted molar refractivity (Wildman–Crippen MR) is 76.9 cm³/mol. The lowest BCUT2D eigenvalue weighted by Crippen LogP contribution is -2.07. The van der Waals surface area contributed by atoms with E-state index in [9.17, 15) is 10.1 Å². The van der Waals surface area contributed by atoms with Gasteiger partial charge in [0.25, 0.3) is 0 Å². The maximum Gasteiger partial charge on any atom is 0.352 e. The minimum Gasteiger partial charge on any atom is -0.432 e. The number of nitro groups is 1. The number of hydrogen-bond acceptors (Lipinski definition) is 7. The Hall–Kier alpha value is -2.48. The standard InChI is InChI=1S/C12H12ClN5O3/c1-3-15-12-16-7(2)10(18(19)20)11(17-12)21-9-4-8(13)5-14-6-9/h4-6H,3H2,1-2H3,(H,15,16,17). The molecule has 2 rings (SSSR count). The lowest BCUT2D eigenvalue weighted by Gasteiger charge is -2.09. The third kappa shape index (κ3) is 3.54. The minimum atomic E-state index is -0.585. The van der Waals surface area contributed by atoms with Crippen molar-refractivity contribution in [2.45, 2.75) is 13.8 Å². The second-order valence-corrected chi connectivity index (χ2v) is 4.45. The largest absolute Gasteiger partial charge is 0.432 e. The van der Waals surface area contributed by atoms with Crippen LogP contribution >= 0.6 is 11.6 Å². The number of rotatable bonds is 5. The second-order valence-electron chi connectivity index (χ2n) is 4.01. The number of ether oxygens (including phenoxy) is 1. The van der Waals surface area contributed by atoms with E-state index in [2.05, 4.69) is 20.3 Å². The molecule has 2 heterocycles. The Balaban J connectivity index is 2.46. The number of aromatic nitrogens is 3. The van der Waals surface area contributed by atoms with Crippen LogP contribution < -0.4 is 10.1 Å². The van der Waals surface area contributed by atoms with Gasteiger partial charge in [0.1, 0.15) is 11.4 Å². The van der Waals surface area contributed by atoms with Gasteiger partial charge in [-0.2, -0.15) is 4.98 Å². The Kier molecular flexibility index (Phi) is 4.49. The molecule has 0 saturated heterocycles. The van der Waals surface area contributed by atoms with Gasteiger partial charge in [0, 0.05) is 18.8 Å². The number of nitrogens with one attached hydrogen (secondary N) is 1. The second kappa shape index (κ2) is 6.31. The molecule has 0 aliphatic rings. The molecule has 0 fully saturated rings. The first-order valence-corrected chi connectivity index (χ1v) is 6.44. The molecule has 2 aromatic rings. The molecule has 0 amide bonds. The molecule has 110 valence electrons. The summed E-state index contributed by atoms with van der Waals surface area (Å²) in [5, 5.41) is 14.4. The molecule has 8 nitrogen and oxygen atoms in total. The number of aryl methyl sites for hydroxylation is 1. The number of nitrogens with zero attached hydrogens (tertiary/aromatic N) is 4. The third-order valence-electron chi connectivity index (χ3n) is 2.44. The van der Waals surface area contributed by atoms with Crippen molar-refractivity contribution in [3.05, 3.63) is 39.3 Å². The first kappa shape index (κ1) is 14.9. The van der Waals surface area contributed by atoms with Crippen LogP contribution in [0.1, 0.15) is 12.6 Å². The van der Waals surface area contributed by atoms with E-state index in [1.807, 2.05) is 6.92 Å². The molecule has 0 bridgehead atoms. The lowest BCUT2D eigenvalue weighted by atomic mass is 10.3. The van der Waals surface area contributed by atoms with Gasteiger partial charge in [-0.25, -0.2) is 4.98 Å². The van der Waals surface area contributed by atoms with Crippen LogP contribution in [0.4, 0.5) is 11.6 Å². The van der Waals surface area contributed by atoms with E-state index in [-0.39, 0.29) is 29.0 Å². The summed E-state index contributed by atoms with van der Waals surface area (Å²) in [6, 6.07) is 1.49. The van der Waals surface area contributed by atoms with Crippen molar-refractivity contribution in [1.82, 2.24) is 15.0 Å². The highest BCUT2D eigenvalue weighted by molar-refractivity contribution is 6.30. The van der Waals surface area contributed by atoms with Crippen LogP contribution in [-0.2, 0) is 0 Å². The SMILES string of the molecule is CCNc1nc(C)c([N+](=O)[O-])c(Oc2cncc(Cl)c2)n1. The van der Waals surface area contributed by atoms with Crippen molar-refractivity contribution in [2.24, 2.45) is 0 Å². The first-order valence-electron chi connectivity index (χ1n) is 6.06. The maximum atomic E-state index is 11.2. The van der Waals surface area contributed by atoms with E-state index < -0.39 is 4.92 Å². The van der Waals surface area contributed by atoms with Crippen LogP contribution in [0.5, 0.6) is 11.6 Å². The molecule has 0 aromatic carbocycles. The number of hydrogen-bond donors (Lipinski definition) is 1. The van der Waals surface area contributed by atoms with Crippen LogP contribution in [0.15, 0.2) is 18.5 Å². The highest BCUT2D eigenvalue weighted by atomic mass is 35.5. The van der Waals surface area contributed by atoms with Gasteiger partial charge in [0.05, 0.1) is 16.1 Å². The van der Waals surface area contributed by atoms with Gasteiger partial charge in [-0.3, -0.25) is 15.1 Å². The van der Waals surface area contributed by atoms with Crippen molar-refractivity contribution in [3.8, 4) is 11.6 Å². The summed E-state index contributed by atoms with van der Waals surface area (Å²) in [7, 11) is 0. The topological polar surface area (TPSA) is 103 Å². The van der Waals surface area contributed by atoms with Crippen molar-refractivity contribution < 1.29 is 9.66 Å². The molecule has 0 unspecified atom stereocenters. The Labute approximate surface area is 125 Å². The Bertz CT molecular complexity index is 680. The molecule has 1 N–H and O–H groups in total. The molecule has 0 spiro atoms. The van der Waals surface area contributed by atoms with E-state index in [0.717, 1.165) is 0 Å². The fraction of sp³-hybridized carbons (Fsp3) is 0.250. The summed E-state index contributed by atoms with van der Waals surface area (Å²) in [5.41, 5.74) is -0.0902. The zero-order valence-corrected chi connectivity index (χ0v) is 12.1. The smallest absolute Gasteiger partial charge is 0.352 e.